The van der Waals surface area contributed by atoms with Crippen LogP contribution in [0.2, 0.25) is 5.02 Å². The maximum atomic E-state index is 13.6. The van der Waals surface area contributed by atoms with Crippen molar-refractivity contribution in [1.82, 2.24) is 15.3 Å². The molecule has 0 aliphatic carbocycles. The molecule has 1 aliphatic rings. The molecule has 2 aromatic rings. The number of halogens is 2. The predicted molar refractivity (Wildman–Crippen MR) is 69.3 cm³/mol. The second-order valence-electron chi connectivity index (χ2n) is 4.62. The van der Waals surface area contributed by atoms with Gasteiger partial charge in [0.1, 0.15) is 11.6 Å². The third kappa shape index (κ3) is 1.91. The lowest BCUT2D eigenvalue weighted by Gasteiger charge is -2.24. The molecule has 0 saturated carbocycles. The maximum Gasteiger partial charge on any atom is 0.126 e. The summed E-state index contributed by atoms with van der Waals surface area (Å²) in [5.41, 5.74) is 1.97. The number of benzene rings is 1. The predicted octanol–water partition coefficient (Wildman–Crippen LogP) is 2.86. The molecule has 3 nitrogen and oxygen atoms in total. The first-order valence-corrected chi connectivity index (χ1v) is 6.24. The Bertz CT molecular complexity index is 590. The molecule has 18 heavy (non-hydrogen) atoms. The Morgan fingerprint density at radius 3 is 2.83 bits per heavy atom. The van der Waals surface area contributed by atoms with Crippen LogP contribution >= 0.6 is 11.6 Å². The van der Waals surface area contributed by atoms with Gasteiger partial charge in [-0.25, -0.2) is 9.37 Å². The van der Waals surface area contributed by atoms with Crippen LogP contribution in [-0.2, 0) is 0 Å². The summed E-state index contributed by atoms with van der Waals surface area (Å²) in [6, 6.07) is 3.09. The maximum absolute atomic E-state index is 13.6. The van der Waals surface area contributed by atoms with Gasteiger partial charge in [-0.1, -0.05) is 11.6 Å². The van der Waals surface area contributed by atoms with Gasteiger partial charge in [-0.05, 0) is 24.6 Å². The van der Waals surface area contributed by atoms with Gasteiger partial charge < -0.3 is 10.3 Å². The lowest BCUT2D eigenvalue weighted by molar-refractivity contribution is 0.433. The molecule has 0 radical (unpaired) electrons. The topological polar surface area (TPSA) is 40.7 Å². The normalized spacial score (nSPS) is 15.7. The van der Waals surface area contributed by atoms with E-state index in [1.807, 2.05) is 0 Å². The minimum atomic E-state index is -0.254. The highest BCUT2D eigenvalue weighted by Gasteiger charge is 2.22. The zero-order chi connectivity index (χ0) is 12.7. The minimum Gasteiger partial charge on any atom is -0.342 e. The molecule has 1 aliphatic heterocycles. The molecule has 5 heteroatoms. The first-order valence-electron chi connectivity index (χ1n) is 5.87. The molecule has 0 unspecified atom stereocenters. The van der Waals surface area contributed by atoms with Gasteiger partial charge in [0.05, 0.1) is 16.9 Å². The Hall–Kier alpha value is -1.39. The van der Waals surface area contributed by atoms with Crippen molar-refractivity contribution in [2.24, 2.45) is 0 Å². The van der Waals surface area contributed by atoms with Crippen molar-refractivity contribution in [3.05, 3.63) is 40.6 Å². The summed E-state index contributed by atoms with van der Waals surface area (Å²) >= 11 is 6.15. The second-order valence-corrected chi connectivity index (χ2v) is 5.03. The standard InChI is InChI=1S/C13H13ClFN3/c1-7-2-10(14)9(3-11(7)15)12-6-17-13(18-12)8-4-16-5-8/h2-3,6,8,16H,4-5H2,1H3,(H,17,18). The lowest BCUT2D eigenvalue weighted by atomic mass is 10.0. The zero-order valence-electron chi connectivity index (χ0n) is 9.93. The van der Waals surface area contributed by atoms with E-state index in [2.05, 4.69) is 15.3 Å². The number of rotatable bonds is 2. The van der Waals surface area contributed by atoms with Crippen LogP contribution in [0.5, 0.6) is 0 Å². The molecular weight excluding hydrogens is 253 g/mol. The van der Waals surface area contributed by atoms with Gasteiger partial charge in [0, 0.05) is 24.6 Å². The molecule has 2 heterocycles. The van der Waals surface area contributed by atoms with E-state index >= 15 is 0 Å². The summed E-state index contributed by atoms with van der Waals surface area (Å²) in [4.78, 5) is 7.55. The third-order valence-electron chi connectivity index (χ3n) is 3.30. The van der Waals surface area contributed by atoms with Crippen molar-refractivity contribution < 1.29 is 4.39 Å². The molecule has 3 rings (SSSR count). The van der Waals surface area contributed by atoms with Crippen molar-refractivity contribution in [2.75, 3.05) is 13.1 Å². The number of H-pyrrole nitrogens is 1. The smallest absolute Gasteiger partial charge is 0.126 e. The number of nitrogens with zero attached hydrogens (tertiary/aromatic N) is 1. The van der Waals surface area contributed by atoms with Gasteiger partial charge in [-0.3, -0.25) is 0 Å². The number of hydrogen-bond donors (Lipinski definition) is 2. The van der Waals surface area contributed by atoms with Gasteiger partial charge >= 0.3 is 0 Å². The molecule has 1 aromatic heterocycles. The summed E-state index contributed by atoms with van der Waals surface area (Å²) in [5, 5.41) is 3.73. The van der Waals surface area contributed by atoms with E-state index in [1.165, 1.54) is 6.07 Å². The molecule has 0 atom stereocenters. The summed E-state index contributed by atoms with van der Waals surface area (Å²) < 4.78 is 13.6. The fraction of sp³-hybridized carbons (Fsp3) is 0.308. The van der Waals surface area contributed by atoms with Crippen LogP contribution in [0.1, 0.15) is 17.3 Å². The number of aromatic amines is 1. The van der Waals surface area contributed by atoms with Crippen LogP contribution in [0.15, 0.2) is 18.3 Å². The molecule has 94 valence electrons. The SMILES string of the molecule is Cc1cc(Cl)c(-c2cnc(C3CNC3)[nH]2)cc1F. The van der Waals surface area contributed by atoms with Crippen molar-refractivity contribution in [3.63, 3.8) is 0 Å². The molecule has 0 bridgehead atoms. The Morgan fingerprint density at radius 1 is 1.39 bits per heavy atom. The van der Waals surface area contributed by atoms with E-state index in [-0.39, 0.29) is 5.82 Å². The van der Waals surface area contributed by atoms with Gasteiger partial charge in [0.15, 0.2) is 0 Å². The van der Waals surface area contributed by atoms with E-state index in [0.717, 1.165) is 24.6 Å². The average Bonchev–Trinajstić information content (AvgIpc) is 2.70. The van der Waals surface area contributed by atoms with Crippen molar-refractivity contribution in [2.45, 2.75) is 12.8 Å². The van der Waals surface area contributed by atoms with Crippen LogP contribution in [-0.4, -0.2) is 23.1 Å². The van der Waals surface area contributed by atoms with Crippen LogP contribution in [0.3, 0.4) is 0 Å². The van der Waals surface area contributed by atoms with Crippen LogP contribution in [0.4, 0.5) is 4.39 Å². The van der Waals surface area contributed by atoms with Crippen molar-refractivity contribution in [1.29, 1.82) is 0 Å². The first kappa shape index (κ1) is 11.7. The van der Waals surface area contributed by atoms with Crippen LogP contribution < -0.4 is 5.32 Å². The number of aromatic nitrogens is 2. The van der Waals surface area contributed by atoms with E-state index in [1.54, 1.807) is 19.2 Å². The lowest BCUT2D eigenvalue weighted by Crippen LogP contribution is -2.40. The van der Waals surface area contributed by atoms with Gasteiger partial charge in [0.2, 0.25) is 0 Å². The average molecular weight is 266 g/mol. The van der Waals surface area contributed by atoms with E-state index in [9.17, 15) is 4.39 Å². The summed E-state index contributed by atoms with van der Waals surface area (Å²) in [6.45, 7) is 3.56. The highest BCUT2D eigenvalue weighted by atomic mass is 35.5. The number of hydrogen-bond acceptors (Lipinski definition) is 2. The number of nitrogens with one attached hydrogen (secondary N) is 2. The Labute approximate surface area is 109 Å². The van der Waals surface area contributed by atoms with Crippen LogP contribution in [0.25, 0.3) is 11.3 Å². The fourth-order valence-corrected chi connectivity index (χ4v) is 2.34. The van der Waals surface area contributed by atoms with Gasteiger partial charge in [0.25, 0.3) is 0 Å². The van der Waals surface area contributed by atoms with Crippen molar-refractivity contribution in [3.8, 4) is 11.3 Å². The Kier molecular flexibility index (Phi) is 2.84. The Morgan fingerprint density at radius 2 is 2.17 bits per heavy atom. The zero-order valence-corrected chi connectivity index (χ0v) is 10.7. The molecule has 0 amide bonds. The fourth-order valence-electron chi connectivity index (χ4n) is 2.02. The highest BCUT2D eigenvalue weighted by molar-refractivity contribution is 6.33. The summed E-state index contributed by atoms with van der Waals surface area (Å²) in [5.74, 6) is 1.10. The minimum absolute atomic E-state index is 0.254. The van der Waals surface area contributed by atoms with Crippen LogP contribution in [0, 0.1) is 12.7 Å². The second kappa shape index (κ2) is 4.37. The quantitative estimate of drug-likeness (QED) is 0.877. The molecule has 1 fully saturated rings. The van der Waals surface area contributed by atoms with Gasteiger partial charge in [-0.15, -0.1) is 0 Å². The van der Waals surface area contributed by atoms with E-state index < -0.39 is 0 Å². The molecule has 1 saturated heterocycles. The molecular formula is C13H13ClFN3. The highest BCUT2D eigenvalue weighted by Crippen LogP contribution is 2.30. The largest absolute Gasteiger partial charge is 0.342 e. The first-order chi connectivity index (χ1) is 8.65. The molecule has 0 spiro atoms. The van der Waals surface area contributed by atoms with E-state index in [4.69, 9.17) is 11.6 Å². The van der Waals surface area contributed by atoms with E-state index in [0.29, 0.717) is 22.1 Å². The van der Waals surface area contributed by atoms with Crippen molar-refractivity contribution >= 4 is 11.6 Å². The summed E-state index contributed by atoms with van der Waals surface area (Å²) in [7, 11) is 0. The number of aryl methyl sites for hydroxylation is 1. The summed E-state index contributed by atoms with van der Waals surface area (Å²) in [6.07, 6.45) is 1.71. The monoisotopic (exact) mass is 265 g/mol. The molecule has 2 N–H and O–H groups in total. The Balaban J connectivity index is 1.98. The number of imidazole rings is 1. The van der Waals surface area contributed by atoms with Gasteiger partial charge in [-0.2, -0.15) is 0 Å². The third-order valence-corrected chi connectivity index (χ3v) is 3.61. The molecule has 1 aromatic carbocycles.